The lowest BCUT2D eigenvalue weighted by Gasteiger charge is -2.09. The van der Waals surface area contributed by atoms with Crippen molar-refractivity contribution in [1.82, 2.24) is 5.32 Å². The summed E-state index contributed by atoms with van der Waals surface area (Å²) in [6.07, 6.45) is 0. The highest BCUT2D eigenvalue weighted by Gasteiger charge is 2.20. The number of carboxylic acids is 1. The van der Waals surface area contributed by atoms with Gasteiger partial charge in [-0.2, -0.15) is 0 Å². The number of carboxylic acid groups (broad SMARTS) is 1. The molecule has 0 atom stereocenters. The normalized spacial score (nSPS) is 11.5. The van der Waals surface area contributed by atoms with E-state index in [0.29, 0.717) is 5.69 Å². The highest BCUT2D eigenvalue weighted by molar-refractivity contribution is 6.20. The van der Waals surface area contributed by atoms with Gasteiger partial charge in [0.25, 0.3) is 5.91 Å². The Labute approximate surface area is 103 Å². The molecule has 5 nitrogen and oxygen atoms in total. The molecule has 1 rings (SSSR count). The SMILES string of the molecule is CN/C(C)=C(/C(=O)O)C(=O)Nc1ccc(F)cc1. The zero-order chi connectivity index (χ0) is 13.7. The molecule has 1 amide bonds. The molecular formula is C12H13FN2O3. The summed E-state index contributed by atoms with van der Waals surface area (Å²) in [7, 11) is 1.52. The highest BCUT2D eigenvalue weighted by Crippen LogP contribution is 2.11. The van der Waals surface area contributed by atoms with E-state index in [1.165, 1.54) is 38.2 Å². The topological polar surface area (TPSA) is 78.4 Å². The van der Waals surface area contributed by atoms with Crippen LogP contribution in [0.4, 0.5) is 10.1 Å². The Hall–Kier alpha value is -2.37. The maximum absolute atomic E-state index is 12.7. The van der Waals surface area contributed by atoms with Gasteiger partial charge in [0.05, 0.1) is 0 Å². The third kappa shape index (κ3) is 3.31. The van der Waals surface area contributed by atoms with Crippen LogP contribution in [-0.4, -0.2) is 24.0 Å². The van der Waals surface area contributed by atoms with Crippen molar-refractivity contribution < 1.29 is 19.1 Å². The van der Waals surface area contributed by atoms with Gasteiger partial charge in [0.15, 0.2) is 0 Å². The number of carbonyl (C=O) groups excluding carboxylic acids is 1. The minimum absolute atomic E-state index is 0.238. The van der Waals surface area contributed by atoms with E-state index in [9.17, 15) is 14.0 Å². The number of amides is 1. The van der Waals surface area contributed by atoms with Gasteiger partial charge in [-0.05, 0) is 31.2 Å². The number of allylic oxidation sites excluding steroid dienone is 1. The molecule has 96 valence electrons. The number of carbonyl (C=O) groups is 2. The third-order valence-electron chi connectivity index (χ3n) is 2.29. The van der Waals surface area contributed by atoms with E-state index in [1.807, 2.05) is 0 Å². The fourth-order valence-electron chi connectivity index (χ4n) is 1.28. The lowest BCUT2D eigenvalue weighted by atomic mass is 10.2. The molecule has 0 spiro atoms. The van der Waals surface area contributed by atoms with Crippen molar-refractivity contribution in [3.8, 4) is 0 Å². The second-order valence-electron chi connectivity index (χ2n) is 3.52. The summed E-state index contributed by atoms with van der Waals surface area (Å²) in [5.41, 5.74) is 0.174. The Bertz CT molecular complexity index is 495. The van der Waals surface area contributed by atoms with Gasteiger partial charge in [-0.25, -0.2) is 9.18 Å². The van der Waals surface area contributed by atoms with E-state index in [0.717, 1.165) is 0 Å². The number of aliphatic carboxylic acids is 1. The first-order valence-corrected chi connectivity index (χ1v) is 5.14. The molecule has 0 fully saturated rings. The fraction of sp³-hybridized carbons (Fsp3) is 0.167. The molecular weight excluding hydrogens is 239 g/mol. The van der Waals surface area contributed by atoms with Crippen molar-refractivity contribution >= 4 is 17.6 Å². The Morgan fingerprint density at radius 1 is 1.22 bits per heavy atom. The molecule has 3 N–H and O–H groups in total. The van der Waals surface area contributed by atoms with Gasteiger partial charge in [0.1, 0.15) is 11.4 Å². The second-order valence-corrected chi connectivity index (χ2v) is 3.52. The van der Waals surface area contributed by atoms with E-state index >= 15 is 0 Å². The van der Waals surface area contributed by atoms with Crippen LogP contribution in [0, 0.1) is 5.82 Å². The van der Waals surface area contributed by atoms with E-state index in [4.69, 9.17) is 5.11 Å². The molecule has 6 heteroatoms. The zero-order valence-corrected chi connectivity index (χ0v) is 9.95. The van der Waals surface area contributed by atoms with E-state index in [-0.39, 0.29) is 11.3 Å². The van der Waals surface area contributed by atoms with Crippen molar-refractivity contribution in [2.75, 3.05) is 12.4 Å². The monoisotopic (exact) mass is 252 g/mol. The quantitative estimate of drug-likeness (QED) is 0.429. The van der Waals surface area contributed by atoms with Crippen LogP contribution in [0.2, 0.25) is 0 Å². The molecule has 0 aliphatic heterocycles. The van der Waals surface area contributed by atoms with Crippen LogP contribution in [-0.2, 0) is 9.59 Å². The molecule has 1 aromatic rings. The molecule has 0 heterocycles. The standard InChI is InChI=1S/C12H13FN2O3/c1-7(14-2)10(12(17)18)11(16)15-9-5-3-8(13)4-6-9/h3-6,14H,1-2H3,(H,15,16)(H,17,18)/b10-7+. The molecule has 0 saturated carbocycles. The fourth-order valence-corrected chi connectivity index (χ4v) is 1.28. The number of anilines is 1. The van der Waals surface area contributed by atoms with Crippen molar-refractivity contribution in [2.45, 2.75) is 6.92 Å². The van der Waals surface area contributed by atoms with Crippen LogP contribution in [0.25, 0.3) is 0 Å². The maximum Gasteiger partial charge on any atom is 0.343 e. The minimum Gasteiger partial charge on any atom is -0.477 e. The van der Waals surface area contributed by atoms with Gasteiger partial charge < -0.3 is 15.7 Å². The van der Waals surface area contributed by atoms with Gasteiger partial charge >= 0.3 is 5.97 Å². The summed E-state index contributed by atoms with van der Waals surface area (Å²) in [5.74, 6) is -2.53. The predicted octanol–water partition coefficient (Wildman–Crippen LogP) is 1.34. The maximum atomic E-state index is 12.7. The highest BCUT2D eigenvalue weighted by atomic mass is 19.1. The lowest BCUT2D eigenvalue weighted by molar-refractivity contribution is -0.134. The predicted molar refractivity (Wildman–Crippen MR) is 64.4 cm³/mol. The number of benzene rings is 1. The summed E-state index contributed by atoms with van der Waals surface area (Å²) in [6, 6.07) is 5.04. The number of hydrogen-bond donors (Lipinski definition) is 3. The van der Waals surface area contributed by atoms with Gasteiger partial charge in [0.2, 0.25) is 0 Å². The van der Waals surface area contributed by atoms with E-state index in [1.54, 1.807) is 0 Å². The van der Waals surface area contributed by atoms with Crippen molar-refractivity contribution in [1.29, 1.82) is 0 Å². The van der Waals surface area contributed by atoms with Crippen LogP contribution < -0.4 is 10.6 Å². The zero-order valence-electron chi connectivity index (χ0n) is 9.95. The van der Waals surface area contributed by atoms with E-state index < -0.39 is 17.7 Å². The molecule has 0 radical (unpaired) electrons. The second kappa shape index (κ2) is 5.81. The van der Waals surface area contributed by atoms with Gasteiger partial charge in [-0.1, -0.05) is 0 Å². The largest absolute Gasteiger partial charge is 0.477 e. The molecule has 0 bridgehead atoms. The summed E-state index contributed by atoms with van der Waals surface area (Å²) >= 11 is 0. The van der Waals surface area contributed by atoms with Gasteiger partial charge in [0, 0.05) is 18.4 Å². The van der Waals surface area contributed by atoms with Crippen LogP contribution in [0.5, 0.6) is 0 Å². The summed E-state index contributed by atoms with van der Waals surface area (Å²) in [4.78, 5) is 22.7. The Morgan fingerprint density at radius 3 is 2.22 bits per heavy atom. The van der Waals surface area contributed by atoms with Gasteiger partial charge in [-0.3, -0.25) is 4.79 Å². The molecule has 0 saturated heterocycles. The Balaban J connectivity index is 2.93. The van der Waals surface area contributed by atoms with Crippen molar-refractivity contribution in [3.63, 3.8) is 0 Å². The molecule has 0 aliphatic carbocycles. The minimum atomic E-state index is -1.33. The molecule has 0 aliphatic rings. The Kier molecular flexibility index (Phi) is 4.42. The Morgan fingerprint density at radius 2 is 1.78 bits per heavy atom. The molecule has 0 aromatic heterocycles. The van der Waals surface area contributed by atoms with Gasteiger partial charge in [-0.15, -0.1) is 0 Å². The van der Waals surface area contributed by atoms with Crippen LogP contribution in [0.3, 0.4) is 0 Å². The van der Waals surface area contributed by atoms with E-state index in [2.05, 4.69) is 10.6 Å². The van der Waals surface area contributed by atoms with Crippen molar-refractivity contribution in [3.05, 3.63) is 41.4 Å². The summed E-state index contributed by atoms with van der Waals surface area (Å²) in [6.45, 7) is 1.48. The lowest BCUT2D eigenvalue weighted by Crippen LogP contribution is -2.24. The number of rotatable bonds is 4. The number of hydrogen-bond acceptors (Lipinski definition) is 3. The van der Waals surface area contributed by atoms with Crippen molar-refractivity contribution in [2.24, 2.45) is 0 Å². The number of nitrogens with one attached hydrogen (secondary N) is 2. The summed E-state index contributed by atoms with van der Waals surface area (Å²) in [5, 5.41) is 13.9. The van der Waals surface area contributed by atoms with Crippen LogP contribution in [0.15, 0.2) is 35.5 Å². The molecule has 18 heavy (non-hydrogen) atoms. The smallest absolute Gasteiger partial charge is 0.343 e. The van der Waals surface area contributed by atoms with Crippen LogP contribution in [0.1, 0.15) is 6.92 Å². The average molecular weight is 252 g/mol. The first-order chi connectivity index (χ1) is 8.45. The van der Waals surface area contributed by atoms with Crippen LogP contribution >= 0.6 is 0 Å². The third-order valence-corrected chi connectivity index (χ3v) is 2.29. The number of halogens is 1. The first-order valence-electron chi connectivity index (χ1n) is 5.14. The molecule has 0 unspecified atom stereocenters. The summed E-state index contributed by atoms with van der Waals surface area (Å²) < 4.78 is 12.7. The average Bonchev–Trinajstić information content (AvgIpc) is 2.31. The first kappa shape index (κ1) is 13.7. The molecule has 1 aromatic carbocycles.